The van der Waals surface area contributed by atoms with Crippen molar-refractivity contribution in [3.05, 3.63) is 120 Å². The van der Waals surface area contributed by atoms with Crippen LogP contribution in [0.2, 0.25) is 0 Å². The number of anilines is 1. The third kappa shape index (κ3) is 4.10. The van der Waals surface area contributed by atoms with Gasteiger partial charge in [-0.1, -0.05) is 60.7 Å². The average Bonchev–Trinajstić information content (AvgIpc) is 3.36. The number of carbonyl (C=O) groups excluding carboxylic acids is 1. The van der Waals surface area contributed by atoms with Gasteiger partial charge in [0.2, 0.25) is 0 Å². The third-order valence-corrected chi connectivity index (χ3v) is 6.12. The van der Waals surface area contributed by atoms with E-state index in [2.05, 4.69) is 17.4 Å². The summed E-state index contributed by atoms with van der Waals surface area (Å²) < 4.78 is 11.9. The topological polar surface area (TPSA) is 54.7 Å². The second-order valence-electron chi connectivity index (χ2n) is 8.29. The molecule has 33 heavy (non-hydrogen) atoms. The highest BCUT2D eigenvalue weighted by Gasteiger charge is 2.44. The maximum absolute atomic E-state index is 13.6. The summed E-state index contributed by atoms with van der Waals surface area (Å²) >= 11 is 0. The highest BCUT2D eigenvalue weighted by atomic mass is 16.5. The van der Waals surface area contributed by atoms with Crippen LogP contribution in [0.5, 0.6) is 5.75 Å². The molecule has 1 N–H and O–H groups in total. The van der Waals surface area contributed by atoms with Crippen LogP contribution in [0.1, 0.15) is 34.2 Å². The number of nitrogens with one attached hydrogen (secondary N) is 1. The van der Waals surface area contributed by atoms with Crippen molar-refractivity contribution < 1.29 is 13.9 Å². The number of para-hydroxylation sites is 2. The van der Waals surface area contributed by atoms with E-state index in [0.29, 0.717) is 18.7 Å². The molecule has 4 aromatic rings. The maximum Gasteiger partial charge on any atom is 0.258 e. The summed E-state index contributed by atoms with van der Waals surface area (Å²) in [7, 11) is 0. The Morgan fingerprint density at radius 3 is 2.48 bits per heavy atom. The zero-order valence-electron chi connectivity index (χ0n) is 18.5. The van der Waals surface area contributed by atoms with Crippen molar-refractivity contribution in [2.24, 2.45) is 0 Å². The van der Waals surface area contributed by atoms with Gasteiger partial charge in [-0.15, -0.1) is 0 Å². The van der Waals surface area contributed by atoms with Crippen molar-refractivity contribution in [1.82, 2.24) is 4.90 Å². The molecular formula is C28H26N2O3. The summed E-state index contributed by atoms with van der Waals surface area (Å²) in [5.74, 6) is 1.42. The maximum atomic E-state index is 13.6. The van der Waals surface area contributed by atoms with Crippen LogP contribution in [0.3, 0.4) is 0 Å². The number of carbonyl (C=O) groups is 1. The van der Waals surface area contributed by atoms with Crippen molar-refractivity contribution in [3.8, 4) is 5.75 Å². The number of amides is 1. The lowest BCUT2D eigenvalue weighted by Crippen LogP contribution is -2.55. The van der Waals surface area contributed by atoms with Gasteiger partial charge >= 0.3 is 0 Å². The Hall–Kier alpha value is -3.99. The van der Waals surface area contributed by atoms with Crippen LogP contribution in [-0.4, -0.2) is 17.4 Å². The molecule has 5 heteroatoms. The van der Waals surface area contributed by atoms with Crippen molar-refractivity contribution >= 4 is 11.6 Å². The Balaban J connectivity index is 1.49. The molecule has 3 aromatic carbocycles. The zero-order valence-corrected chi connectivity index (χ0v) is 18.5. The van der Waals surface area contributed by atoms with Gasteiger partial charge in [-0.25, -0.2) is 0 Å². The van der Waals surface area contributed by atoms with Crippen LogP contribution in [0.25, 0.3) is 0 Å². The second kappa shape index (κ2) is 8.87. The molecular weight excluding hydrogens is 412 g/mol. The number of benzene rings is 3. The Morgan fingerprint density at radius 2 is 1.67 bits per heavy atom. The van der Waals surface area contributed by atoms with Crippen LogP contribution in [-0.2, 0) is 18.6 Å². The Morgan fingerprint density at radius 1 is 0.909 bits per heavy atom. The molecule has 1 aromatic heterocycles. The fraction of sp³-hybridized carbons (Fsp3) is 0.179. The zero-order chi connectivity index (χ0) is 22.7. The molecule has 1 unspecified atom stereocenters. The van der Waals surface area contributed by atoms with Crippen LogP contribution >= 0.6 is 0 Å². The molecule has 0 spiro atoms. The molecule has 0 saturated carbocycles. The number of ether oxygens (including phenoxy) is 1. The van der Waals surface area contributed by atoms with Crippen LogP contribution < -0.4 is 10.1 Å². The average molecular weight is 439 g/mol. The Labute approximate surface area is 193 Å². The summed E-state index contributed by atoms with van der Waals surface area (Å²) in [6, 6.07) is 29.5. The van der Waals surface area contributed by atoms with E-state index in [4.69, 9.17) is 9.15 Å². The Bertz CT molecular complexity index is 1240. The van der Waals surface area contributed by atoms with Gasteiger partial charge in [-0.05, 0) is 42.8 Å². The minimum atomic E-state index is -0.832. The standard InChI is InChI=1S/C28H26N2O3/c1-28(24-14-6-8-16-26(24)33-19-17-21-10-3-2-4-11-21)29-25-15-7-5-13-23(25)27(31)30(28)20-22-12-9-18-32-22/h2-16,18,29H,17,19-20H2,1H3. The van der Waals surface area contributed by atoms with Crippen molar-refractivity contribution in [2.45, 2.75) is 25.6 Å². The number of nitrogens with zero attached hydrogens (tertiary/aromatic N) is 1. The fourth-order valence-electron chi connectivity index (χ4n) is 4.38. The van der Waals surface area contributed by atoms with E-state index in [1.54, 1.807) is 6.26 Å². The van der Waals surface area contributed by atoms with Gasteiger partial charge < -0.3 is 19.4 Å². The van der Waals surface area contributed by atoms with E-state index in [9.17, 15) is 4.79 Å². The van der Waals surface area contributed by atoms with Gasteiger partial charge in [0.1, 0.15) is 17.2 Å². The normalized spacial score (nSPS) is 17.4. The van der Waals surface area contributed by atoms with Gasteiger partial charge in [0.25, 0.3) is 5.91 Å². The van der Waals surface area contributed by atoms with Crippen LogP contribution in [0, 0.1) is 0 Å². The largest absolute Gasteiger partial charge is 0.493 e. The van der Waals surface area contributed by atoms with E-state index < -0.39 is 5.66 Å². The molecule has 2 heterocycles. The minimum absolute atomic E-state index is 0.0534. The second-order valence-corrected chi connectivity index (χ2v) is 8.29. The predicted octanol–water partition coefficient (Wildman–Crippen LogP) is 5.84. The van der Waals surface area contributed by atoms with Crippen molar-refractivity contribution in [3.63, 3.8) is 0 Å². The highest BCUT2D eigenvalue weighted by molar-refractivity contribution is 6.02. The molecule has 1 atom stereocenters. The number of hydrogen-bond donors (Lipinski definition) is 1. The Kier molecular flexibility index (Phi) is 5.61. The van der Waals surface area contributed by atoms with Gasteiger partial charge in [0, 0.05) is 17.7 Å². The van der Waals surface area contributed by atoms with Gasteiger partial charge in [-0.2, -0.15) is 0 Å². The molecule has 1 amide bonds. The van der Waals surface area contributed by atoms with E-state index in [-0.39, 0.29) is 5.91 Å². The number of furan rings is 1. The highest BCUT2D eigenvalue weighted by Crippen LogP contribution is 2.42. The first kappa shape index (κ1) is 20.9. The van der Waals surface area contributed by atoms with Gasteiger partial charge in [0.05, 0.1) is 25.0 Å². The molecule has 166 valence electrons. The number of rotatable bonds is 7. The first-order valence-corrected chi connectivity index (χ1v) is 11.1. The first-order chi connectivity index (χ1) is 16.1. The quantitative estimate of drug-likeness (QED) is 0.394. The fourth-order valence-corrected chi connectivity index (χ4v) is 4.38. The molecule has 1 aliphatic rings. The molecule has 5 nitrogen and oxygen atoms in total. The minimum Gasteiger partial charge on any atom is -0.493 e. The number of fused-ring (bicyclic) bond motifs is 1. The lowest BCUT2D eigenvalue weighted by Gasteiger charge is -2.46. The van der Waals surface area contributed by atoms with Crippen LogP contribution in [0.15, 0.2) is 102 Å². The van der Waals surface area contributed by atoms with Crippen molar-refractivity contribution in [2.75, 3.05) is 11.9 Å². The summed E-state index contributed by atoms with van der Waals surface area (Å²) in [4.78, 5) is 15.5. The molecule has 0 aliphatic carbocycles. The van der Waals surface area contributed by atoms with E-state index >= 15 is 0 Å². The summed E-state index contributed by atoms with van der Waals surface area (Å²) in [6.45, 7) is 2.89. The molecule has 5 rings (SSSR count). The third-order valence-electron chi connectivity index (χ3n) is 6.12. The monoisotopic (exact) mass is 438 g/mol. The predicted molar refractivity (Wildman–Crippen MR) is 128 cm³/mol. The lowest BCUT2D eigenvalue weighted by atomic mass is 9.92. The smallest absolute Gasteiger partial charge is 0.258 e. The summed E-state index contributed by atoms with van der Waals surface area (Å²) in [5.41, 5.74) is 2.73. The van der Waals surface area contributed by atoms with E-state index in [1.807, 2.05) is 90.7 Å². The van der Waals surface area contributed by atoms with Gasteiger partial charge in [-0.3, -0.25) is 4.79 Å². The lowest BCUT2D eigenvalue weighted by molar-refractivity contribution is 0.0480. The van der Waals surface area contributed by atoms with Crippen molar-refractivity contribution in [1.29, 1.82) is 0 Å². The first-order valence-electron chi connectivity index (χ1n) is 11.1. The molecule has 0 fully saturated rings. The number of hydrogen-bond acceptors (Lipinski definition) is 4. The molecule has 0 bridgehead atoms. The molecule has 0 saturated heterocycles. The molecule has 1 aliphatic heterocycles. The SMILES string of the molecule is CC1(c2ccccc2OCCc2ccccc2)Nc2ccccc2C(=O)N1Cc1ccco1. The summed E-state index contributed by atoms with van der Waals surface area (Å²) in [5, 5.41) is 3.61. The van der Waals surface area contributed by atoms with Gasteiger partial charge in [0.15, 0.2) is 0 Å². The summed E-state index contributed by atoms with van der Waals surface area (Å²) in [6.07, 6.45) is 2.43. The van der Waals surface area contributed by atoms with E-state index in [1.165, 1.54) is 5.56 Å². The van der Waals surface area contributed by atoms with Crippen LogP contribution in [0.4, 0.5) is 5.69 Å². The molecule has 0 radical (unpaired) electrons. The van der Waals surface area contributed by atoms with E-state index in [0.717, 1.165) is 29.2 Å².